The number of aromatic nitrogens is 2. The molecule has 0 N–H and O–H groups in total. The van der Waals surface area contributed by atoms with Gasteiger partial charge < -0.3 is 0 Å². The van der Waals surface area contributed by atoms with Gasteiger partial charge in [0.25, 0.3) is 0 Å². The summed E-state index contributed by atoms with van der Waals surface area (Å²) in [4.78, 5) is 10.5. The number of nitrogens with zero attached hydrogens (tertiary/aromatic N) is 2. The SMILES string of the molecule is CC1(c2ccccc2)c2ccccc2-c2ccc(-c3ccc(-c4cc(-c5ccccc5-c5ccccc5)nc(-c5ccccc5)n4)c4ccccc34)cc21. The zero-order chi connectivity index (χ0) is 36.1. The van der Waals surface area contributed by atoms with Gasteiger partial charge in [0.1, 0.15) is 0 Å². The standard InChI is InChI=1S/C52H36N2/c1-52(38-21-9-4-10-22-38)47-28-16-15-26-43(47)44-30-29-37(33-48(44)52)40-31-32-46(42-25-13-12-24-41(40)42)50-34-49(53-51(54-50)36-19-7-3-8-20-36)45-27-14-11-23-39(45)35-17-5-2-6-18-35/h2-34H,1H3. The van der Waals surface area contributed by atoms with Crippen molar-refractivity contribution in [3.05, 3.63) is 217 Å². The Morgan fingerprint density at radius 3 is 1.56 bits per heavy atom. The molecule has 1 unspecified atom stereocenters. The third-order valence-corrected chi connectivity index (χ3v) is 11.2. The van der Waals surface area contributed by atoms with Crippen LogP contribution >= 0.6 is 0 Å². The van der Waals surface area contributed by atoms with Gasteiger partial charge in [-0.2, -0.15) is 0 Å². The molecule has 1 aromatic heterocycles. The monoisotopic (exact) mass is 688 g/mol. The lowest BCUT2D eigenvalue weighted by molar-refractivity contribution is 0.714. The fourth-order valence-corrected chi connectivity index (χ4v) is 8.53. The highest BCUT2D eigenvalue weighted by molar-refractivity contribution is 6.05. The number of hydrogen-bond acceptors (Lipinski definition) is 2. The minimum atomic E-state index is -0.264. The summed E-state index contributed by atoms with van der Waals surface area (Å²) in [6, 6.07) is 71.7. The van der Waals surface area contributed by atoms with Gasteiger partial charge in [0.2, 0.25) is 0 Å². The first-order chi connectivity index (χ1) is 26.7. The maximum absolute atomic E-state index is 5.27. The highest BCUT2D eigenvalue weighted by atomic mass is 14.9. The van der Waals surface area contributed by atoms with Crippen molar-refractivity contribution in [2.75, 3.05) is 0 Å². The highest BCUT2D eigenvalue weighted by Gasteiger charge is 2.40. The number of fused-ring (bicyclic) bond motifs is 4. The predicted octanol–water partition coefficient (Wildman–Crippen LogP) is 13.3. The Morgan fingerprint density at radius 2 is 0.833 bits per heavy atom. The molecule has 2 nitrogen and oxygen atoms in total. The maximum atomic E-state index is 5.27. The summed E-state index contributed by atoms with van der Waals surface area (Å²) in [5.41, 5.74) is 16.0. The van der Waals surface area contributed by atoms with Crippen LogP contribution in [0.5, 0.6) is 0 Å². The van der Waals surface area contributed by atoms with E-state index in [1.54, 1.807) is 0 Å². The first-order valence-corrected chi connectivity index (χ1v) is 18.6. The van der Waals surface area contributed by atoms with Gasteiger partial charge in [-0.15, -0.1) is 0 Å². The molecule has 0 saturated carbocycles. The molecule has 1 heterocycles. The molecule has 1 atom stereocenters. The average molecular weight is 689 g/mol. The fourth-order valence-electron chi connectivity index (χ4n) is 8.53. The summed E-state index contributed by atoms with van der Waals surface area (Å²) >= 11 is 0. The van der Waals surface area contributed by atoms with Crippen LogP contribution in [0.2, 0.25) is 0 Å². The van der Waals surface area contributed by atoms with Crippen molar-refractivity contribution < 1.29 is 0 Å². The molecule has 0 aliphatic heterocycles. The van der Waals surface area contributed by atoms with Crippen LogP contribution in [0.1, 0.15) is 23.6 Å². The van der Waals surface area contributed by atoms with Gasteiger partial charge in [-0.3, -0.25) is 0 Å². The van der Waals surface area contributed by atoms with Gasteiger partial charge in [-0.05, 0) is 79.9 Å². The molecule has 0 fully saturated rings. The van der Waals surface area contributed by atoms with E-state index in [0.717, 1.165) is 44.6 Å². The number of benzene rings is 8. The van der Waals surface area contributed by atoms with Crippen LogP contribution in [0, 0.1) is 0 Å². The van der Waals surface area contributed by atoms with Gasteiger partial charge in [-0.25, -0.2) is 9.97 Å². The summed E-state index contributed by atoms with van der Waals surface area (Å²) in [6.07, 6.45) is 0. The zero-order valence-electron chi connectivity index (χ0n) is 29.9. The molecule has 1 aliphatic carbocycles. The molecule has 1 aliphatic rings. The Morgan fingerprint density at radius 1 is 0.333 bits per heavy atom. The van der Waals surface area contributed by atoms with E-state index in [0.29, 0.717) is 5.82 Å². The molecule has 9 aromatic rings. The molecule has 54 heavy (non-hydrogen) atoms. The Kier molecular flexibility index (Phi) is 7.63. The van der Waals surface area contributed by atoms with Crippen molar-refractivity contribution in [3.8, 4) is 67.3 Å². The highest BCUT2D eigenvalue weighted by Crippen LogP contribution is 2.53. The second-order valence-electron chi connectivity index (χ2n) is 14.2. The summed E-state index contributed by atoms with van der Waals surface area (Å²) < 4.78 is 0. The molecule has 0 radical (unpaired) electrons. The summed E-state index contributed by atoms with van der Waals surface area (Å²) in [5.74, 6) is 0.706. The van der Waals surface area contributed by atoms with Crippen molar-refractivity contribution in [3.63, 3.8) is 0 Å². The van der Waals surface area contributed by atoms with E-state index in [-0.39, 0.29) is 5.41 Å². The summed E-state index contributed by atoms with van der Waals surface area (Å²) in [5, 5.41) is 2.35. The van der Waals surface area contributed by atoms with Crippen molar-refractivity contribution >= 4 is 10.8 Å². The van der Waals surface area contributed by atoms with Crippen LogP contribution in [-0.2, 0) is 5.41 Å². The van der Waals surface area contributed by atoms with Crippen LogP contribution in [0.15, 0.2) is 200 Å². The molecule has 2 heteroatoms. The van der Waals surface area contributed by atoms with E-state index in [1.165, 1.54) is 44.3 Å². The average Bonchev–Trinajstić information content (AvgIpc) is 3.52. The third-order valence-electron chi connectivity index (χ3n) is 11.2. The van der Waals surface area contributed by atoms with Crippen molar-refractivity contribution in [1.82, 2.24) is 9.97 Å². The first-order valence-electron chi connectivity index (χ1n) is 18.6. The molecule has 0 spiro atoms. The van der Waals surface area contributed by atoms with E-state index in [2.05, 4.69) is 189 Å². The van der Waals surface area contributed by atoms with Gasteiger partial charge in [0.05, 0.1) is 11.4 Å². The third kappa shape index (κ3) is 5.18. The van der Waals surface area contributed by atoms with Crippen LogP contribution in [0.25, 0.3) is 78.1 Å². The lowest BCUT2D eigenvalue weighted by Gasteiger charge is -2.28. The Bertz CT molecular complexity index is 2820. The molecular formula is C52H36N2. The smallest absolute Gasteiger partial charge is 0.160 e. The van der Waals surface area contributed by atoms with Crippen LogP contribution < -0.4 is 0 Å². The van der Waals surface area contributed by atoms with E-state index < -0.39 is 0 Å². The lowest BCUT2D eigenvalue weighted by Crippen LogP contribution is -2.22. The van der Waals surface area contributed by atoms with E-state index >= 15 is 0 Å². The summed E-state index contributed by atoms with van der Waals surface area (Å²) in [6.45, 7) is 2.38. The van der Waals surface area contributed by atoms with E-state index in [9.17, 15) is 0 Å². The predicted molar refractivity (Wildman–Crippen MR) is 224 cm³/mol. The second kappa shape index (κ2) is 12.9. The van der Waals surface area contributed by atoms with Crippen LogP contribution in [-0.4, -0.2) is 9.97 Å². The largest absolute Gasteiger partial charge is 0.228 e. The maximum Gasteiger partial charge on any atom is 0.160 e. The molecule has 0 saturated heterocycles. The van der Waals surface area contributed by atoms with E-state index in [1.807, 2.05) is 18.2 Å². The molecule has 0 amide bonds. The molecular weight excluding hydrogens is 653 g/mol. The topological polar surface area (TPSA) is 25.8 Å². The van der Waals surface area contributed by atoms with Crippen molar-refractivity contribution in [1.29, 1.82) is 0 Å². The van der Waals surface area contributed by atoms with Crippen molar-refractivity contribution in [2.24, 2.45) is 0 Å². The summed E-state index contributed by atoms with van der Waals surface area (Å²) in [7, 11) is 0. The van der Waals surface area contributed by atoms with Gasteiger partial charge >= 0.3 is 0 Å². The second-order valence-corrected chi connectivity index (χ2v) is 14.2. The molecule has 254 valence electrons. The lowest BCUT2D eigenvalue weighted by atomic mass is 9.74. The van der Waals surface area contributed by atoms with Crippen LogP contribution in [0.4, 0.5) is 0 Å². The molecule has 8 aromatic carbocycles. The van der Waals surface area contributed by atoms with Gasteiger partial charge in [0.15, 0.2) is 5.82 Å². The quantitative estimate of drug-likeness (QED) is 0.174. The Hall–Kier alpha value is -6.90. The molecule has 10 rings (SSSR count). The Balaban J connectivity index is 1.15. The van der Waals surface area contributed by atoms with E-state index in [4.69, 9.17) is 9.97 Å². The van der Waals surface area contributed by atoms with Gasteiger partial charge in [0, 0.05) is 22.1 Å². The minimum Gasteiger partial charge on any atom is -0.228 e. The van der Waals surface area contributed by atoms with Gasteiger partial charge in [-0.1, -0.05) is 188 Å². The normalized spacial score (nSPS) is 14.5. The number of hydrogen-bond donors (Lipinski definition) is 0. The minimum absolute atomic E-state index is 0.264. The first kappa shape index (κ1) is 31.8. The number of rotatable bonds is 6. The fraction of sp³-hybridized carbons (Fsp3) is 0.0385. The molecule has 0 bridgehead atoms. The van der Waals surface area contributed by atoms with Crippen molar-refractivity contribution in [2.45, 2.75) is 12.3 Å². The van der Waals surface area contributed by atoms with Crippen LogP contribution in [0.3, 0.4) is 0 Å². The zero-order valence-corrected chi connectivity index (χ0v) is 29.9. The Labute approximate surface area is 316 Å².